The number of amides is 4. The fourth-order valence-electron chi connectivity index (χ4n) is 4.81. The molecule has 0 aliphatic carbocycles. The normalized spacial score (nSPS) is 14.7. The maximum atomic E-state index is 14.1. The van der Waals surface area contributed by atoms with Crippen LogP contribution in [0.5, 0.6) is 0 Å². The molecule has 1 aliphatic heterocycles. The van der Waals surface area contributed by atoms with Crippen molar-refractivity contribution >= 4 is 35.2 Å². The standard InChI is InChI=1S/C32H36N4O5/c1-32(2,3)41-31(40)33-21-28(37)34-25-17-12-20-36(27-19-11-8-15-23(25)27)30(39)24-16-9-10-18-26(24)35(4)29(38)22-13-6-5-7-14-22/h5-11,13-16,18-19,25H,12,17,20-21H2,1-4H3,(H,33,40)(H,34,37). The number of benzene rings is 3. The summed E-state index contributed by atoms with van der Waals surface area (Å²) in [5, 5.41) is 5.48. The van der Waals surface area contributed by atoms with Crippen molar-refractivity contribution in [1.29, 1.82) is 0 Å². The number of carbonyl (C=O) groups excluding carboxylic acids is 4. The molecule has 214 valence electrons. The number of para-hydroxylation sites is 2. The number of fused-ring (bicyclic) bond motifs is 1. The smallest absolute Gasteiger partial charge is 0.408 e. The van der Waals surface area contributed by atoms with E-state index >= 15 is 0 Å². The van der Waals surface area contributed by atoms with E-state index in [0.717, 1.165) is 5.56 Å². The van der Waals surface area contributed by atoms with Crippen LogP contribution in [-0.2, 0) is 9.53 Å². The van der Waals surface area contributed by atoms with E-state index in [-0.39, 0.29) is 30.3 Å². The first-order chi connectivity index (χ1) is 19.5. The number of nitrogens with one attached hydrogen (secondary N) is 2. The van der Waals surface area contributed by atoms with Gasteiger partial charge in [-0.3, -0.25) is 14.4 Å². The van der Waals surface area contributed by atoms with Gasteiger partial charge in [0, 0.05) is 24.8 Å². The van der Waals surface area contributed by atoms with E-state index in [1.54, 1.807) is 81.2 Å². The van der Waals surface area contributed by atoms with Gasteiger partial charge in [0.25, 0.3) is 11.8 Å². The molecule has 2 N–H and O–H groups in total. The van der Waals surface area contributed by atoms with E-state index < -0.39 is 11.7 Å². The van der Waals surface area contributed by atoms with Crippen molar-refractivity contribution in [2.45, 2.75) is 45.3 Å². The molecular weight excluding hydrogens is 520 g/mol. The molecule has 0 saturated heterocycles. The third-order valence-corrected chi connectivity index (χ3v) is 6.67. The predicted molar refractivity (Wildman–Crippen MR) is 158 cm³/mol. The van der Waals surface area contributed by atoms with Crippen LogP contribution < -0.4 is 20.4 Å². The third-order valence-electron chi connectivity index (χ3n) is 6.67. The van der Waals surface area contributed by atoms with Gasteiger partial charge >= 0.3 is 6.09 Å². The predicted octanol–water partition coefficient (Wildman–Crippen LogP) is 5.09. The van der Waals surface area contributed by atoms with Crippen molar-refractivity contribution in [3.05, 3.63) is 95.6 Å². The van der Waals surface area contributed by atoms with Gasteiger partial charge in [0.05, 0.1) is 17.3 Å². The first-order valence-corrected chi connectivity index (χ1v) is 13.6. The molecule has 4 rings (SSSR count). The molecule has 1 heterocycles. The van der Waals surface area contributed by atoms with Gasteiger partial charge in [-0.1, -0.05) is 48.5 Å². The molecular formula is C32H36N4O5. The maximum absolute atomic E-state index is 14.1. The molecule has 41 heavy (non-hydrogen) atoms. The van der Waals surface area contributed by atoms with Crippen LogP contribution in [0.1, 0.15) is 65.9 Å². The molecule has 0 bridgehead atoms. The number of rotatable bonds is 6. The van der Waals surface area contributed by atoms with Gasteiger partial charge in [-0.2, -0.15) is 0 Å². The quantitative estimate of drug-likeness (QED) is 0.440. The molecule has 0 radical (unpaired) electrons. The molecule has 9 heteroatoms. The van der Waals surface area contributed by atoms with E-state index in [1.165, 1.54) is 4.90 Å². The van der Waals surface area contributed by atoms with E-state index in [9.17, 15) is 19.2 Å². The minimum Gasteiger partial charge on any atom is -0.444 e. The molecule has 4 amide bonds. The highest BCUT2D eigenvalue weighted by Gasteiger charge is 2.30. The van der Waals surface area contributed by atoms with Crippen molar-refractivity contribution in [3.8, 4) is 0 Å². The van der Waals surface area contributed by atoms with Gasteiger partial charge < -0.3 is 25.2 Å². The Morgan fingerprint density at radius 1 is 0.927 bits per heavy atom. The number of carbonyl (C=O) groups is 4. The molecule has 9 nitrogen and oxygen atoms in total. The van der Waals surface area contributed by atoms with Crippen molar-refractivity contribution < 1.29 is 23.9 Å². The van der Waals surface area contributed by atoms with Gasteiger partial charge in [0.15, 0.2) is 0 Å². The fourth-order valence-corrected chi connectivity index (χ4v) is 4.81. The zero-order valence-corrected chi connectivity index (χ0v) is 23.8. The number of ether oxygens (including phenoxy) is 1. The lowest BCUT2D eigenvalue weighted by Gasteiger charge is -2.27. The molecule has 0 fully saturated rings. The summed E-state index contributed by atoms with van der Waals surface area (Å²) in [6.45, 7) is 5.45. The number of alkyl carbamates (subject to hydrolysis) is 1. The second kappa shape index (κ2) is 12.7. The number of hydrogen-bond acceptors (Lipinski definition) is 5. The molecule has 3 aromatic rings. The van der Waals surface area contributed by atoms with Gasteiger partial charge in [-0.05, 0) is 69.5 Å². The summed E-state index contributed by atoms with van der Waals surface area (Å²) in [5.41, 5.74) is 2.25. The monoisotopic (exact) mass is 556 g/mol. The zero-order valence-electron chi connectivity index (χ0n) is 23.8. The van der Waals surface area contributed by atoms with Crippen LogP contribution in [0.4, 0.5) is 16.2 Å². The lowest BCUT2D eigenvalue weighted by atomic mass is 10.0. The van der Waals surface area contributed by atoms with E-state index in [0.29, 0.717) is 41.9 Å². The molecule has 1 unspecified atom stereocenters. The Bertz CT molecular complexity index is 1420. The molecule has 0 saturated carbocycles. The molecule has 0 aromatic heterocycles. The highest BCUT2D eigenvalue weighted by molar-refractivity contribution is 6.14. The van der Waals surface area contributed by atoms with Gasteiger partial charge in [0.1, 0.15) is 12.1 Å². The summed E-state index contributed by atoms with van der Waals surface area (Å²) in [6.07, 6.45) is 0.568. The van der Waals surface area contributed by atoms with Crippen molar-refractivity contribution in [3.63, 3.8) is 0 Å². The molecule has 0 spiro atoms. The second-order valence-corrected chi connectivity index (χ2v) is 10.9. The van der Waals surface area contributed by atoms with Crippen LogP contribution in [0, 0.1) is 0 Å². The Balaban J connectivity index is 1.54. The SMILES string of the molecule is CN(C(=O)c1ccccc1)c1ccccc1C(=O)N1CCCC(NC(=O)CNC(=O)OC(C)(C)C)c2ccccc21. The highest BCUT2D eigenvalue weighted by atomic mass is 16.6. The molecule has 1 atom stereocenters. The fraction of sp³-hybridized carbons (Fsp3) is 0.312. The second-order valence-electron chi connectivity index (χ2n) is 10.9. The Labute approximate surface area is 240 Å². The minimum absolute atomic E-state index is 0.218. The summed E-state index contributed by atoms with van der Waals surface area (Å²) in [5.74, 6) is -0.814. The third kappa shape index (κ3) is 7.30. The van der Waals surface area contributed by atoms with E-state index in [4.69, 9.17) is 4.74 Å². The Kier molecular flexibility index (Phi) is 9.07. The zero-order chi connectivity index (χ0) is 29.6. The highest BCUT2D eigenvalue weighted by Crippen LogP contribution is 2.35. The van der Waals surface area contributed by atoms with Crippen LogP contribution in [0.25, 0.3) is 0 Å². The van der Waals surface area contributed by atoms with Crippen molar-refractivity contribution in [1.82, 2.24) is 10.6 Å². The van der Waals surface area contributed by atoms with Crippen LogP contribution >= 0.6 is 0 Å². The lowest BCUT2D eigenvalue weighted by molar-refractivity contribution is -0.121. The summed E-state index contributed by atoms with van der Waals surface area (Å²) >= 11 is 0. The largest absolute Gasteiger partial charge is 0.444 e. The molecule has 1 aliphatic rings. The van der Waals surface area contributed by atoms with Crippen LogP contribution in [-0.4, -0.2) is 49.6 Å². The van der Waals surface area contributed by atoms with Crippen molar-refractivity contribution in [2.24, 2.45) is 0 Å². The number of anilines is 2. The van der Waals surface area contributed by atoms with Crippen molar-refractivity contribution in [2.75, 3.05) is 29.9 Å². The Hall–Kier alpha value is -4.66. The first kappa shape index (κ1) is 29.3. The van der Waals surface area contributed by atoms with Gasteiger partial charge in [-0.15, -0.1) is 0 Å². The van der Waals surface area contributed by atoms with Crippen LogP contribution in [0.2, 0.25) is 0 Å². The Morgan fingerprint density at radius 3 is 2.32 bits per heavy atom. The lowest BCUT2D eigenvalue weighted by Crippen LogP contribution is -2.40. The summed E-state index contributed by atoms with van der Waals surface area (Å²) in [7, 11) is 1.66. The van der Waals surface area contributed by atoms with Crippen LogP contribution in [0.3, 0.4) is 0 Å². The van der Waals surface area contributed by atoms with E-state index in [1.807, 2.05) is 30.3 Å². The number of nitrogens with zero attached hydrogens (tertiary/aromatic N) is 2. The Morgan fingerprint density at radius 2 is 1.59 bits per heavy atom. The minimum atomic E-state index is -0.668. The average molecular weight is 557 g/mol. The summed E-state index contributed by atoms with van der Waals surface area (Å²) in [4.78, 5) is 55.2. The van der Waals surface area contributed by atoms with Crippen LogP contribution in [0.15, 0.2) is 78.9 Å². The number of hydrogen-bond donors (Lipinski definition) is 2. The first-order valence-electron chi connectivity index (χ1n) is 13.6. The average Bonchev–Trinajstić information content (AvgIpc) is 3.14. The topological polar surface area (TPSA) is 108 Å². The van der Waals surface area contributed by atoms with Gasteiger partial charge in [0.2, 0.25) is 5.91 Å². The summed E-state index contributed by atoms with van der Waals surface area (Å²) in [6, 6.07) is 23.1. The summed E-state index contributed by atoms with van der Waals surface area (Å²) < 4.78 is 5.20. The molecule has 3 aromatic carbocycles. The van der Waals surface area contributed by atoms with E-state index in [2.05, 4.69) is 10.6 Å². The van der Waals surface area contributed by atoms with Gasteiger partial charge in [-0.25, -0.2) is 4.79 Å². The maximum Gasteiger partial charge on any atom is 0.408 e.